The van der Waals surface area contributed by atoms with Crippen molar-refractivity contribution >= 4 is 11.9 Å². The number of aromatic carboxylic acids is 1. The second-order valence-corrected chi connectivity index (χ2v) is 3.85. The van der Waals surface area contributed by atoms with Crippen LogP contribution in [-0.4, -0.2) is 60.1 Å². The molecule has 110 valence electrons. The number of pyridine rings is 1. The van der Waals surface area contributed by atoms with Crippen molar-refractivity contribution in [1.29, 1.82) is 0 Å². The number of nitrogens with zero attached hydrogens (tertiary/aromatic N) is 2. The largest absolute Gasteiger partial charge is 0.477 e. The molecule has 6 nitrogen and oxygen atoms in total. The Balaban J connectivity index is 2.92. The number of carboxylic acid groups (broad SMARTS) is 1. The van der Waals surface area contributed by atoms with E-state index in [1.807, 2.05) is 0 Å². The highest BCUT2D eigenvalue weighted by molar-refractivity contribution is 5.94. The van der Waals surface area contributed by atoms with Gasteiger partial charge in [0.15, 0.2) is 0 Å². The smallest absolute Gasteiger partial charge is 0.354 e. The van der Waals surface area contributed by atoms with Crippen molar-refractivity contribution in [2.45, 2.75) is 6.43 Å². The van der Waals surface area contributed by atoms with E-state index in [1.54, 1.807) is 0 Å². The Bertz CT molecular complexity index is 482. The van der Waals surface area contributed by atoms with E-state index in [4.69, 9.17) is 9.84 Å². The summed E-state index contributed by atoms with van der Waals surface area (Å²) in [5.74, 6) is -2.05. The number of carbonyl (C=O) groups is 2. The molecule has 1 aromatic rings. The third-order valence-corrected chi connectivity index (χ3v) is 2.40. The molecule has 1 heterocycles. The summed E-state index contributed by atoms with van der Waals surface area (Å²) in [6, 6.07) is 3.83. The van der Waals surface area contributed by atoms with Crippen molar-refractivity contribution in [1.82, 2.24) is 9.88 Å². The van der Waals surface area contributed by atoms with E-state index in [0.29, 0.717) is 0 Å². The van der Waals surface area contributed by atoms with E-state index < -0.39 is 24.8 Å². The number of carbonyl (C=O) groups excluding carboxylic acids is 1. The first kappa shape index (κ1) is 16.0. The predicted molar refractivity (Wildman–Crippen MR) is 65.0 cm³/mol. The number of methoxy groups -OCH3 is 1. The molecule has 0 bridgehead atoms. The molecule has 20 heavy (non-hydrogen) atoms. The molecule has 1 N–H and O–H groups in total. The number of hydrogen-bond acceptors (Lipinski definition) is 4. The highest BCUT2D eigenvalue weighted by Crippen LogP contribution is 2.07. The van der Waals surface area contributed by atoms with Crippen LogP contribution in [0.3, 0.4) is 0 Å². The number of aromatic nitrogens is 1. The number of carboxylic acids is 1. The van der Waals surface area contributed by atoms with Crippen molar-refractivity contribution in [3.8, 4) is 0 Å². The van der Waals surface area contributed by atoms with Crippen molar-refractivity contribution in [3.05, 3.63) is 29.6 Å². The van der Waals surface area contributed by atoms with Crippen molar-refractivity contribution in [2.24, 2.45) is 0 Å². The molecule has 1 aromatic heterocycles. The summed E-state index contributed by atoms with van der Waals surface area (Å²) < 4.78 is 29.6. The molecular formula is C12H14F2N2O4. The van der Waals surface area contributed by atoms with Crippen LogP contribution in [0.15, 0.2) is 18.2 Å². The molecule has 0 unspecified atom stereocenters. The average molecular weight is 288 g/mol. The average Bonchev–Trinajstić information content (AvgIpc) is 2.42. The minimum absolute atomic E-state index is 0.0291. The molecule has 0 aliphatic carbocycles. The Morgan fingerprint density at radius 1 is 1.40 bits per heavy atom. The zero-order valence-corrected chi connectivity index (χ0v) is 10.8. The van der Waals surface area contributed by atoms with Gasteiger partial charge in [-0.05, 0) is 12.1 Å². The monoisotopic (exact) mass is 288 g/mol. The summed E-state index contributed by atoms with van der Waals surface area (Å²) in [5, 5.41) is 8.79. The minimum Gasteiger partial charge on any atom is -0.477 e. The van der Waals surface area contributed by atoms with Gasteiger partial charge in [-0.3, -0.25) is 4.79 Å². The van der Waals surface area contributed by atoms with Crippen molar-refractivity contribution < 1.29 is 28.2 Å². The van der Waals surface area contributed by atoms with Crippen LogP contribution >= 0.6 is 0 Å². The highest BCUT2D eigenvalue weighted by atomic mass is 19.3. The molecule has 0 saturated carbocycles. The lowest BCUT2D eigenvalue weighted by Gasteiger charge is -2.21. The second-order valence-electron chi connectivity index (χ2n) is 3.85. The Kier molecular flexibility index (Phi) is 5.98. The van der Waals surface area contributed by atoms with Gasteiger partial charge in [-0.2, -0.15) is 0 Å². The zero-order chi connectivity index (χ0) is 15.1. The van der Waals surface area contributed by atoms with Crippen LogP contribution in [0.25, 0.3) is 0 Å². The van der Waals surface area contributed by atoms with Gasteiger partial charge in [-0.1, -0.05) is 6.07 Å². The molecule has 0 fully saturated rings. The Hall–Kier alpha value is -2.09. The first-order chi connectivity index (χ1) is 9.45. The van der Waals surface area contributed by atoms with E-state index in [9.17, 15) is 18.4 Å². The number of halogens is 2. The summed E-state index contributed by atoms with van der Waals surface area (Å²) in [6.07, 6.45) is -2.70. The summed E-state index contributed by atoms with van der Waals surface area (Å²) in [5.41, 5.74) is -0.513. The van der Waals surface area contributed by atoms with Gasteiger partial charge in [0.05, 0.1) is 13.2 Å². The minimum atomic E-state index is -2.70. The predicted octanol–water partition coefficient (Wildman–Crippen LogP) is 1.13. The van der Waals surface area contributed by atoms with Crippen LogP contribution < -0.4 is 0 Å². The van der Waals surface area contributed by atoms with Gasteiger partial charge in [-0.15, -0.1) is 0 Å². The number of rotatable bonds is 7. The molecule has 1 amide bonds. The summed E-state index contributed by atoms with van der Waals surface area (Å²) in [6.45, 7) is -0.698. The van der Waals surface area contributed by atoms with Crippen molar-refractivity contribution in [3.63, 3.8) is 0 Å². The molecule has 0 atom stereocenters. The molecular weight excluding hydrogens is 274 g/mol. The summed E-state index contributed by atoms with van der Waals surface area (Å²) >= 11 is 0. The SMILES string of the molecule is COCCN(CC(F)F)C(=O)c1cccc(C(=O)O)n1. The molecule has 0 aliphatic rings. The van der Waals surface area contributed by atoms with Gasteiger partial charge in [0.2, 0.25) is 0 Å². The van der Waals surface area contributed by atoms with Crippen LogP contribution in [0.5, 0.6) is 0 Å². The van der Waals surface area contributed by atoms with Crippen LogP contribution in [-0.2, 0) is 4.74 Å². The van der Waals surface area contributed by atoms with Crippen LogP contribution in [0.4, 0.5) is 8.78 Å². The zero-order valence-electron chi connectivity index (χ0n) is 10.8. The van der Waals surface area contributed by atoms with Crippen LogP contribution in [0.1, 0.15) is 21.0 Å². The molecule has 8 heteroatoms. The maximum absolute atomic E-state index is 12.4. The van der Waals surface area contributed by atoms with Gasteiger partial charge in [0.1, 0.15) is 11.4 Å². The maximum atomic E-state index is 12.4. The van der Waals surface area contributed by atoms with Gasteiger partial charge >= 0.3 is 5.97 Å². The fourth-order valence-corrected chi connectivity index (χ4v) is 1.48. The standard InChI is InChI=1S/C12H14F2N2O4/c1-20-6-5-16(7-10(13)14)11(17)8-3-2-4-9(15-8)12(18)19/h2-4,10H,5-7H2,1H3,(H,18,19). The molecule has 0 saturated heterocycles. The summed E-state index contributed by atoms with van der Waals surface area (Å²) in [7, 11) is 1.38. The number of hydrogen-bond donors (Lipinski definition) is 1. The van der Waals surface area contributed by atoms with E-state index >= 15 is 0 Å². The third-order valence-electron chi connectivity index (χ3n) is 2.40. The van der Waals surface area contributed by atoms with E-state index in [0.717, 1.165) is 4.90 Å². The maximum Gasteiger partial charge on any atom is 0.354 e. The van der Waals surface area contributed by atoms with E-state index in [-0.39, 0.29) is 24.5 Å². The van der Waals surface area contributed by atoms with Gasteiger partial charge < -0.3 is 14.7 Å². The lowest BCUT2D eigenvalue weighted by molar-refractivity contribution is 0.0473. The fourth-order valence-electron chi connectivity index (χ4n) is 1.48. The highest BCUT2D eigenvalue weighted by Gasteiger charge is 2.21. The Morgan fingerprint density at radius 2 is 2.05 bits per heavy atom. The van der Waals surface area contributed by atoms with Crippen LogP contribution in [0, 0.1) is 0 Å². The lowest BCUT2D eigenvalue weighted by atomic mass is 10.2. The first-order valence-electron chi connectivity index (χ1n) is 5.72. The fraction of sp³-hybridized carbons (Fsp3) is 0.417. The van der Waals surface area contributed by atoms with E-state index in [2.05, 4.69) is 4.98 Å². The topological polar surface area (TPSA) is 79.7 Å². The number of alkyl halides is 2. The molecule has 0 radical (unpaired) electrons. The molecule has 0 aliphatic heterocycles. The number of amides is 1. The van der Waals surface area contributed by atoms with Gasteiger partial charge in [-0.25, -0.2) is 18.6 Å². The Labute approximate surface area is 114 Å². The molecule has 0 spiro atoms. The normalized spacial score (nSPS) is 10.6. The van der Waals surface area contributed by atoms with Crippen LogP contribution in [0.2, 0.25) is 0 Å². The molecule has 1 rings (SSSR count). The third kappa shape index (κ3) is 4.54. The van der Waals surface area contributed by atoms with E-state index in [1.165, 1.54) is 25.3 Å². The first-order valence-corrected chi connectivity index (χ1v) is 5.72. The van der Waals surface area contributed by atoms with Crippen molar-refractivity contribution in [2.75, 3.05) is 26.8 Å². The second kappa shape index (κ2) is 7.49. The van der Waals surface area contributed by atoms with Gasteiger partial charge in [0, 0.05) is 13.7 Å². The van der Waals surface area contributed by atoms with Gasteiger partial charge in [0.25, 0.3) is 12.3 Å². The summed E-state index contributed by atoms with van der Waals surface area (Å²) in [4.78, 5) is 27.3. The molecule has 0 aromatic carbocycles. The quantitative estimate of drug-likeness (QED) is 0.813. The number of ether oxygens (including phenoxy) is 1. The lowest BCUT2D eigenvalue weighted by Crippen LogP contribution is -2.38. The Morgan fingerprint density at radius 3 is 2.60 bits per heavy atom.